The summed E-state index contributed by atoms with van der Waals surface area (Å²) in [5, 5.41) is 21.1. The number of piperidine rings is 1. The molecule has 4 aliphatic heterocycles. The van der Waals surface area contributed by atoms with Crippen molar-refractivity contribution in [2.75, 3.05) is 50.4 Å². The quantitative estimate of drug-likeness (QED) is 0.112. The molecule has 0 radical (unpaired) electrons. The summed E-state index contributed by atoms with van der Waals surface area (Å²) in [6, 6.07) is 18.2. The lowest BCUT2D eigenvalue weighted by atomic mass is 10.0. The smallest absolute Gasteiger partial charge is 0.321 e. The molecule has 1 aromatic heterocycles. The summed E-state index contributed by atoms with van der Waals surface area (Å²) < 4.78 is 7.84. The average Bonchev–Trinajstić information content (AvgIpc) is 4.01. The molecule has 7 rings (SSSR count). The lowest BCUT2D eigenvalue weighted by Gasteiger charge is -2.36. The molecule has 4 saturated heterocycles. The molecule has 306 valence electrons. The first-order valence-corrected chi connectivity index (χ1v) is 21.5. The summed E-state index contributed by atoms with van der Waals surface area (Å²) in [7, 11) is 0. The van der Waals surface area contributed by atoms with Gasteiger partial charge in [0, 0.05) is 80.5 Å². The molecule has 4 fully saturated rings. The van der Waals surface area contributed by atoms with Crippen molar-refractivity contribution in [1.29, 1.82) is 0 Å². The van der Waals surface area contributed by atoms with Crippen molar-refractivity contribution >= 4 is 41.4 Å². The van der Waals surface area contributed by atoms with Gasteiger partial charge in [0.05, 0.1) is 31.0 Å². The van der Waals surface area contributed by atoms with E-state index in [0.29, 0.717) is 56.7 Å². The molecular formula is C41H56N10O5S. The minimum Gasteiger partial charge on any atom is -0.376 e. The van der Waals surface area contributed by atoms with Gasteiger partial charge in [-0.3, -0.25) is 9.48 Å². The second-order valence-corrected chi connectivity index (χ2v) is 17.1. The highest BCUT2D eigenvalue weighted by atomic mass is 32.2. The predicted molar refractivity (Wildman–Crippen MR) is 220 cm³/mol. The molecule has 5 atom stereocenters. The Balaban J connectivity index is 0.757. The fraction of sp³-hybridized carbons (Fsp3) is 0.561. The van der Waals surface area contributed by atoms with E-state index in [4.69, 9.17) is 4.74 Å². The topological polar surface area (TPSA) is 166 Å². The van der Waals surface area contributed by atoms with Crippen molar-refractivity contribution in [1.82, 2.24) is 45.6 Å². The average molecular weight is 801 g/mol. The van der Waals surface area contributed by atoms with Crippen LogP contribution in [0.4, 0.5) is 20.1 Å². The van der Waals surface area contributed by atoms with E-state index in [1.807, 2.05) is 98.9 Å². The molecule has 0 aliphatic carbocycles. The molecule has 4 N–H and O–H groups in total. The number of nitrogens with one attached hydrogen (secondary N) is 4. The van der Waals surface area contributed by atoms with E-state index in [-0.39, 0.29) is 54.1 Å². The molecule has 3 aromatic rings. The largest absolute Gasteiger partial charge is 0.376 e. The zero-order valence-corrected chi connectivity index (χ0v) is 33.8. The van der Waals surface area contributed by atoms with E-state index in [2.05, 4.69) is 38.5 Å². The molecule has 57 heavy (non-hydrogen) atoms. The number of aromatic nitrogens is 3. The van der Waals surface area contributed by atoms with E-state index in [1.165, 1.54) is 0 Å². The van der Waals surface area contributed by atoms with Gasteiger partial charge in [0.1, 0.15) is 5.69 Å². The Morgan fingerprint density at radius 1 is 0.982 bits per heavy atom. The summed E-state index contributed by atoms with van der Waals surface area (Å²) in [5.41, 5.74) is 3.48. The number of rotatable bonds is 17. The molecule has 16 heteroatoms. The summed E-state index contributed by atoms with van der Waals surface area (Å²) >= 11 is 1.90. The summed E-state index contributed by atoms with van der Waals surface area (Å²) in [6.45, 7) is 8.95. The zero-order chi connectivity index (χ0) is 39.7. The number of hydrogen-bond donors (Lipinski definition) is 4. The predicted octanol–water partition coefficient (Wildman–Crippen LogP) is 4.76. The first-order valence-electron chi connectivity index (χ1n) is 20.4. The number of carbonyl (C=O) groups is 4. The number of carbonyl (C=O) groups excluding carboxylic acids is 4. The van der Waals surface area contributed by atoms with E-state index in [1.54, 1.807) is 0 Å². The van der Waals surface area contributed by atoms with Crippen LogP contribution < -0.4 is 21.3 Å². The highest BCUT2D eigenvalue weighted by Gasteiger charge is 2.42. The van der Waals surface area contributed by atoms with Crippen LogP contribution in [0.15, 0.2) is 60.8 Å². The van der Waals surface area contributed by atoms with Gasteiger partial charge in [-0.15, -0.1) is 5.10 Å². The Morgan fingerprint density at radius 3 is 2.56 bits per heavy atom. The number of fused-ring (bicyclic) bond motifs is 1. The van der Waals surface area contributed by atoms with E-state index in [0.717, 1.165) is 67.8 Å². The number of ether oxygens (including phenoxy) is 1. The second kappa shape index (κ2) is 19.1. The first kappa shape index (κ1) is 40.4. The van der Waals surface area contributed by atoms with E-state index in [9.17, 15) is 19.2 Å². The Morgan fingerprint density at radius 2 is 1.77 bits per heavy atom. The van der Waals surface area contributed by atoms with Crippen LogP contribution in [0, 0.1) is 5.92 Å². The summed E-state index contributed by atoms with van der Waals surface area (Å²) in [4.78, 5) is 56.0. The van der Waals surface area contributed by atoms with Crippen molar-refractivity contribution in [3.63, 3.8) is 0 Å². The van der Waals surface area contributed by atoms with Crippen LogP contribution in [0.25, 0.3) is 11.3 Å². The van der Waals surface area contributed by atoms with Crippen LogP contribution in [0.1, 0.15) is 57.9 Å². The molecule has 0 bridgehead atoms. The Kier molecular flexibility index (Phi) is 13.5. The van der Waals surface area contributed by atoms with Gasteiger partial charge in [-0.2, -0.15) is 11.8 Å². The monoisotopic (exact) mass is 800 g/mol. The van der Waals surface area contributed by atoms with Crippen LogP contribution in [-0.2, 0) is 22.6 Å². The number of amides is 7. The molecule has 15 nitrogen and oxygen atoms in total. The molecule has 2 aromatic carbocycles. The van der Waals surface area contributed by atoms with Gasteiger partial charge in [-0.05, 0) is 56.2 Å². The van der Waals surface area contributed by atoms with Gasteiger partial charge in [0.2, 0.25) is 5.91 Å². The number of benzene rings is 2. The van der Waals surface area contributed by atoms with Crippen molar-refractivity contribution in [2.45, 2.75) is 94.9 Å². The second-order valence-electron chi connectivity index (χ2n) is 15.9. The van der Waals surface area contributed by atoms with Gasteiger partial charge in [0.15, 0.2) is 0 Å². The van der Waals surface area contributed by atoms with Gasteiger partial charge < -0.3 is 40.7 Å². The summed E-state index contributed by atoms with van der Waals surface area (Å²) in [6.07, 6.45) is 6.60. The molecule has 0 spiro atoms. The third-order valence-electron chi connectivity index (χ3n) is 11.3. The molecule has 2 unspecified atom stereocenters. The number of anilines is 1. The Bertz CT molecular complexity index is 1820. The number of thioether (sulfide) groups is 1. The van der Waals surface area contributed by atoms with Gasteiger partial charge in [-0.25, -0.2) is 14.4 Å². The molecule has 5 heterocycles. The number of unbranched alkanes of at least 4 members (excludes halogenated alkanes) is 1. The van der Waals surface area contributed by atoms with Crippen LogP contribution >= 0.6 is 11.8 Å². The molecule has 0 saturated carbocycles. The summed E-state index contributed by atoms with van der Waals surface area (Å²) in [5.74, 6) is 1.17. The highest BCUT2D eigenvalue weighted by molar-refractivity contribution is 8.00. The van der Waals surface area contributed by atoms with Gasteiger partial charge in [-0.1, -0.05) is 61.0 Å². The van der Waals surface area contributed by atoms with Crippen molar-refractivity contribution in [3.8, 4) is 11.3 Å². The highest BCUT2D eigenvalue weighted by Crippen LogP contribution is 2.33. The third-order valence-corrected chi connectivity index (χ3v) is 12.8. The van der Waals surface area contributed by atoms with Crippen LogP contribution in [0.3, 0.4) is 0 Å². The fourth-order valence-electron chi connectivity index (χ4n) is 8.10. The Labute approximate surface area is 339 Å². The lowest BCUT2D eigenvalue weighted by Crippen LogP contribution is -2.49. The third kappa shape index (κ3) is 10.8. The number of likely N-dealkylation sites (tertiary alicyclic amines) is 1. The van der Waals surface area contributed by atoms with Gasteiger partial charge >= 0.3 is 18.1 Å². The standard InChI is InChI=1S/C41H56N10O5S/c1-28(26-56-29(2)22-42-37(52)11-7-6-10-36-38-35(27-57-36)44-39(53)45-38)23-50-25-34(46-47-50)31-12-14-32(15-13-31)43-40(54)48-18-16-33(17-19-48)51-21-20-49(41(51)55)24-30-8-4-3-5-9-30/h3-5,8-9,12-15,25,28-29,33,35-36,38H,6-7,10-11,16-24,26-27H2,1-2H3,(H,42,52)(H,43,54)(H2,44,45,53)/t28?,29?,35-,36-,38-/m0/s1. The minimum absolute atomic E-state index is 0.0384. The van der Waals surface area contributed by atoms with Crippen LogP contribution in [-0.4, -0.2) is 128 Å². The molecule has 4 aliphatic rings. The molecular weight excluding hydrogens is 745 g/mol. The first-order chi connectivity index (χ1) is 27.7. The minimum atomic E-state index is -0.137. The van der Waals surface area contributed by atoms with Crippen molar-refractivity contribution in [3.05, 3.63) is 66.4 Å². The number of hydrogen-bond acceptors (Lipinski definition) is 8. The number of nitrogens with zero attached hydrogens (tertiary/aromatic N) is 6. The van der Waals surface area contributed by atoms with Gasteiger partial charge in [0.25, 0.3) is 0 Å². The van der Waals surface area contributed by atoms with Crippen LogP contribution in [0.5, 0.6) is 0 Å². The fourth-order valence-corrected chi connectivity index (χ4v) is 9.64. The maximum absolute atomic E-state index is 13.1. The van der Waals surface area contributed by atoms with E-state index < -0.39 is 0 Å². The van der Waals surface area contributed by atoms with E-state index >= 15 is 0 Å². The van der Waals surface area contributed by atoms with Crippen LogP contribution in [0.2, 0.25) is 0 Å². The van der Waals surface area contributed by atoms with Crippen molar-refractivity contribution in [2.24, 2.45) is 5.92 Å². The molecule has 7 amide bonds. The normalized spacial score (nSPS) is 21.9. The Hall–Kier alpha value is -4.83. The number of urea groups is 3. The van der Waals surface area contributed by atoms with Crippen molar-refractivity contribution < 1.29 is 23.9 Å². The maximum atomic E-state index is 13.1. The maximum Gasteiger partial charge on any atom is 0.321 e. The SMILES string of the molecule is CC(COC(C)CNC(=O)CCCC[C@@H]1SC[C@@H]2NC(=O)N[C@@H]21)Cn1cc(-c2ccc(NC(=O)N3CCC(N4CCN(Cc5ccccc5)C4=O)CC3)cc2)nn1. The zero-order valence-electron chi connectivity index (χ0n) is 33.0. The lowest BCUT2D eigenvalue weighted by molar-refractivity contribution is -0.121.